The first-order chi connectivity index (χ1) is 22.8. The summed E-state index contributed by atoms with van der Waals surface area (Å²) in [5, 5.41) is 24.2. The first-order valence-electron chi connectivity index (χ1n) is 14.8. The second-order valence-corrected chi connectivity index (χ2v) is 13.1. The third-order valence-electron chi connectivity index (χ3n) is 8.14. The monoisotopic (exact) mass is 640 g/mol. The summed E-state index contributed by atoms with van der Waals surface area (Å²) in [5.41, 5.74) is 1.22. The maximum absolute atomic E-state index is 15.2. The van der Waals surface area contributed by atoms with Crippen molar-refractivity contribution in [1.82, 2.24) is 0 Å². The van der Waals surface area contributed by atoms with Gasteiger partial charge in [-0.15, -0.1) is 0 Å². The van der Waals surface area contributed by atoms with Gasteiger partial charge in [0, 0.05) is 12.1 Å². The fourth-order valence-corrected chi connectivity index (χ4v) is 7.94. The fraction of sp³-hybridized carbons (Fsp3) is 0.0526. The van der Waals surface area contributed by atoms with E-state index in [1.165, 1.54) is 36.4 Å². The van der Waals surface area contributed by atoms with Crippen LogP contribution in [0.5, 0.6) is 0 Å². The third-order valence-corrected chi connectivity index (χ3v) is 10.4. The molecule has 232 valence electrons. The molecule has 0 aliphatic heterocycles. The van der Waals surface area contributed by atoms with Crippen LogP contribution < -0.4 is 0 Å². The molecular formula is C38H28N2O6S. The maximum Gasteiger partial charge on any atom is 0.276 e. The Morgan fingerprint density at radius 1 is 0.489 bits per heavy atom. The average Bonchev–Trinajstić information content (AvgIpc) is 3.08. The van der Waals surface area contributed by atoms with Crippen molar-refractivity contribution in [3.63, 3.8) is 0 Å². The van der Waals surface area contributed by atoms with E-state index < -0.39 is 30.2 Å². The predicted molar refractivity (Wildman–Crippen MR) is 187 cm³/mol. The zero-order chi connectivity index (χ0) is 33.0. The van der Waals surface area contributed by atoms with Gasteiger partial charge in [-0.1, -0.05) is 133 Å². The molecule has 2 atom stereocenters. The molecule has 9 heteroatoms. The van der Waals surface area contributed by atoms with Gasteiger partial charge in [0.15, 0.2) is 9.84 Å². The van der Waals surface area contributed by atoms with Crippen LogP contribution in [-0.4, -0.2) is 18.3 Å². The van der Waals surface area contributed by atoms with Gasteiger partial charge in [0.05, 0.1) is 21.0 Å². The van der Waals surface area contributed by atoms with Crippen molar-refractivity contribution in [3.8, 4) is 0 Å². The Hall–Kier alpha value is -5.93. The first-order valence-corrected chi connectivity index (χ1v) is 16.4. The van der Waals surface area contributed by atoms with Gasteiger partial charge >= 0.3 is 0 Å². The highest BCUT2D eigenvalue weighted by molar-refractivity contribution is 7.92. The van der Waals surface area contributed by atoms with Gasteiger partial charge in [-0.2, -0.15) is 0 Å². The molecular weight excluding hydrogens is 612 g/mol. The Morgan fingerprint density at radius 2 is 0.851 bits per heavy atom. The summed E-state index contributed by atoms with van der Waals surface area (Å²) in [5.74, 6) is 0. The molecule has 0 spiro atoms. The number of benzene rings is 6. The Labute approximate surface area is 271 Å². The number of nitro benzene ring substituents is 2. The molecule has 0 saturated heterocycles. The van der Waals surface area contributed by atoms with Crippen LogP contribution >= 0.6 is 0 Å². The lowest BCUT2D eigenvalue weighted by molar-refractivity contribution is -0.385. The molecule has 0 aliphatic rings. The van der Waals surface area contributed by atoms with Crippen molar-refractivity contribution < 1.29 is 18.3 Å². The lowest BCUT2D eigenvalue weighted by atomic mass is 10.0. The van der Waals surface area contributed by atoms with E-state index in [4.69, 9.17) is 0 Å². The molecule has 0 saturated carbocycles. The van der Waals surface area contributed by atoms with E-state index in [9.17, 15) is 20.2 Å². The summed E-state index contributed by atoms with van der Waals surface area (Å²) >= 11 is 0. The van der Waals surface area contributed by atoms with Crippen LogP contribution in [0.2, 0.25) is 0 Å². The van der Waals surface area contributed by atoms with Gasteiger partial charge in [-0.05, 0) is 44.8 Å². The van der Waals surface area contributed by atoms with Crippen LogP contribution in [0.15, 0.2) is 146 Å². The van der Waals surface area contributed by atoms with Crippen LogP contribution in [0.25, 0.3) is 33.7 Å². The maximum atomic E-state index is 15.2. The molecule has 0 N–H and O–H groups in total. The van der Waals surface area contributed by atoms with E-state index in [0.717, 1.165) is 21.5 Å². The summed E-state index contributed by atoms with van der Waals surface area (Å²) in [4.78, 5) is 22.6. The van der Waals surface area contributed by atoms with Crippen LogP contribution in [-0.2, 0) is 9.84 Å². The van der Waals surface area contributed by atoms with Crippen molar-refractivity contribution in [1.29, 1.82) is 0 Å². The lowest BCUT2D eigenvalue weighted by Crippen LogP contribution is -2.19. The Kier molecular flexibility index (Phi) is 8.73. The van der Waals surface area contributed by atoms with Gasteiger partial charge in [0.25, 0.3) is 11.4 Å². The SMILES string of the molecule is O=[N+]([O-])c1ccccc1/C=C/C(c1cccc2ccccc12)S(=O)(=O)C(/C=C/c1ccccc1[N+](=O)[O-])c1cccc2ccccc12. The van der Waals surface area contributed by atoms with E-state index in [2.05, 4.69) is 0 Å². The fourth-order valence-electron chi connectivity index (χ4n) is 5.91. The molecule has 2 unspecified atom stereocenters. The topological polar surface area (TPSA) is 120 Å². The van der Waals surface area contributed by atoms with E-state index in [1.54, 1.807) is 60.7 Å². The summed E-state index contributed by atoms with van der Waals surface area (Å²) in [6, 6.07) is 38.0. The Balaban J connectivity index is 1.61. The van der Waals surface area contributed by atoms with Crippen molar-refractivity contribution in [2.45, 2.75) is 10.5 Å². The van der Waals surface area contributed by atoms with E-state index >= 15 is 8.42 Å². The molecule has 0 radical (unpaired) electrons. The number of nitrogens with zero attached hydrogens (tertiary/aromatic N) is 2. The minimum Gasteiger partial charge on any atom is -0.258 e. The van der Waals surface area contributed by atoms with Crippen molar-refractivity contribution in [2.75, 3.05) is 0 Å². The number of hydrogen-bond donors (Lipinski definition) is 0. The zero-order valence-corrected chi connectivity index (χ0v) is 25.7. The number of sulfone groups is 1. The zero-order valence-electron chi connectivity index (χ0n) is 24.9. The van der Waals surface area contributed by atoms with Gasteiger partial charge in [0.2, 0.25) is 0 Å². The highest BCUT2D eigenvalue weighted by Gasteiger charge is 2.35. The van der Waals surface area contributed by atoms with E-state index in [0.29, 0.717) is 11.1 Å². The minimum atomic E-state index is -4.27. The lowest BCUT2D eigenvalue weighted by Gasteiger charge is -2.24. The summed E-state index contributed by atoms with van der Waals surface area (Å²) in [6.45, 7) is 0. The van der Waals surface area contributed by atoms with Gasteiger partial charge in [0.1, 0.15) is 10.5 Å². The highest BCUT2D eigenvalue weighted by Crippen LogP contribution is 2.42. The van der Waals surface area contributed by atoms with Crippen molar-refractivity contribution >= 4 is 54.9 Å². The summed E-state index contributed by atoms with van der Waals surface area (Å²) < 4.78 is 30.5. The second-order valence-electron chi connectivity index (χ2n) is 10.9. The second kappa shape index (κ2) is 13.2. The molecule has 0 aliphatic carbocycles. The van der Waals surface area contributed by atoms with Crippen molar-refractivity contribution in [3.05, 3.63) is 188 Å². The average molecular weight is 641 g/mol. The largest absolute Gasteiger partial charge is 0.276 e. The van der Waals surface area contributed by atoms with Crippen LogP contribution in [0.4, 0.5) is 11.4 Å². The molecule has 6 rings (SSSR count). The number of rotatable bonds is 10. The van der Waals surface area contributed by atoms with Gasteiger partial charge in [-0.3, -0.25) is 20.2 Å². The molecule has 6 aromatic rings. The van der Waals surface area contributed by atoms with Crippen LogP contribution in [0.1, 0.15) is 32.8 Å². The Morgan fingerprint density at radius 3 is 1.28 bits per heavy atom. The first kappa shape index (κ1) is 31.1. The molecule has 8 nitrogen and oxygen atoms in total. The smallest absolute Gasteiger partial charge is 0.258 e. The van der Waals surface area contributed by atoms with Crippen molar-refractivity contribution in [2.24, 2.45) is 0 Å². The Bertz CT molecular complexity index is 2150. The van der Waals surface area contributed by atoms with Gasteiger partial charge in [-0.25, -0.2) is 8.42 Å². The highest BCUT2D eigenvalue weighted by atomic mass is 32.2. The molecule has 0 amide bonds. The molecule has 47 heavy (non-hydrogen) atoms. The standard InChI is InChI=1S/C38H28N2O6S/c41-39(42)35-21-7-3-13-29(35)23-25-37(33-19-9-15-27-11-1-5-17-31(27)33)47(45,46)38(26-24-30-14-4-8-22-36(30)40(43)44)34-20-10-16-28-12-2-6-18-32(28)34/h1-26,37-38H/b25-23+,26-24+. The van der Waals surface area contributed by atoms with Gasteiger partial charge < -0.3 is 0 Å². The minimum absolute atomic E-state index is 0.153. The molecule has 0 bridgehead atoms. The summed E-state index contributed by atoms with van der Waals surface area (Å²) in [6.07, 6.45) is 5.95. The third kappa shape index (κ3) is 6.29. The number of fused-ring (bicyclic) bond motifs is 2. The molecule has 6 aromatic carbocycles. The van der Waals surface area contributed by atoms with Crippen LogP contribution in [0, 0.1) is 20.2 Å². The molecule has 0 aromatic heterocycles. The molecule has 0 fully saturated rings. The number of para-hydroxylation sites is 2. The predicted octanol–water partition coefficient (Wildman–Crippen LogP) is 9.43. The number of nitro groups is 2. The number of hydrogen-bond acceptors (Lipinski definition) is 6. The summed E-state index contributed by atoms with van der Waals surface area (Å²) in [7, 11) is -4.27. The molecule has 0 heterocycles. The van der Waals surface area contributed by atoms with E-state index in [1.807, 2.05) is 60.7 Å². The normalized spacial score (nSPS) is 13.3. The quantitative estimate of drug-likeness (QED) is 0.109. The van der Waals surface area contributed by atoms with Crippen LogP contribution in [0.3, 0.4) is 0 Å². The van der Waals surface area contributed by atoms with E-state index in [-0.39, 0.29) is 22.5 Å².